The van der Waals surface area contributed by atoms with Crippen molar-refractivity contribution in [2.45, 2.75) is 66.8 Å². The van der Waals surface area contributed by atoms with Crippen LogP contribution >= 0.6 is 22.7 Å². The van der Waals surface area contributed by atoms with Crippen LogP contribution in [0.3, 0.4) is 0 Å². The van der Waals surface area contributed by atoms with Gasteiger partial charge < -0.3 is 14.6 Å². The largest absolute Gasteiger partial charge is 0.458 e. The van der Waals surface area contributed by atoms with Gasteiger partial charge in [0.05, 0.1) is 23.2 Å². The summed E-state index contributed by atoms with van der Waals surface area (Å²) in [5, 5.41) is 11.5. The third-order valence-electron chi connectivity index (χ3n) is 3.61. The molecule has 2 aromatic rings. The Morgan fingerprint density at radius 2 is 1.32 bits per heavy atom. The van der Waals surface area contributed by atoms with Gasteiger partial charge in [0.1, 0.15) is 0 Å². The van der Waals surface area contributed by atoms with E-state index in [-0.39, 0.29) is 29.5 Å². The van der Waals surface area contributed by atoms with Crippen LogP contribution in [0.1, 0.15) is 78.4 Å². The molecule has 2 rings (SSSR count). The standard InChI is InChI=1S/C19H26N2O5S2/c1-8(2)14(22)15-13(19(24)26-10(5)6)21-17(28-15)16-20-12(11(7)27-16)18(23)25-9(3)4/h8-10,14,22H,1-7H3. The Bertz CT molecular complexity index is 855. The molecule has 2 heterocycles. The first-order valence-corrected chi connectivity index (χ1v) is 10.7. The summed E-state index contributed by atoms with van der Waals surface area (Å²) in [6.45, 7) is 12.5. The first kappa shape index (κ1) is 22.4. The van der Waals surface area contributed by atoms with E-state index >= 15 is 0 Å². The number of hydrogen-bond donors (Lipinski definition) is 1. The van der Waals surface area contributed by atoms with Gasteiger partial charge in [-0.25, -0.2) is 19.6 Å². The van der Waals surface area contributed by atoms with Gasteiger partial charge >= 0.3 is 11.9 Å². The van der Waals surface area contributed by atoms with E-state index in [0.717, 1.165) is 0 Å². The molecule has 1 N–H and O–H groups in total. The second-order valence-corrected chi connectivity index (χ2v) is 9.49. The molecule has 7 nitrogen and oxygen atoms in total. The second kappa shape index (κ2) is 9.11. The average molecular weight is 427 g/mol. The highest BCUT2D eigenvalue weighted by atomic mass is 32.1. The first-order chi connectivity index (χ1) is 13.0. The highest BCUT2D eigenvalue weighted by Gasteiger charge is 2.29. The molecule has 2 aromatic heterocycles. The topological polar surface area (TPSA) is 98.6 Å². The van der Waals surface area contributed by atoms with E-state index in [1.807, 2.05) is 13.8 Å². The zero-order valence-electron chi connectivity index (χ0n) is 17.1. The maximum absolute atomic E-state index is 12.5. The number of hydrogen-bond acceptors (Lipinski definition) is 9. The fourth-order valence-electron chi connectivity index (χ4n) is 2.29. The average Bonchev–Trinajstić information content (AvgIpc) is 3.16. The normalized spacial score (nSPS) is 12.7. The van der Waals surface area contributed by atoms with E-state index in [0.29, 0.717) is 19.8 Å². The van der Waals surface area contributed by atoms with Gasteiger partial charge in [-0.2, -0.15) is 0 Å². The van der Waals surface area contributed by atoms with E-state index in [2.05, 4.69) is 9.97 Å². The predicted molar refractivity (Wildman–Crippen MR) is 109 cm³/mol. The van der Waals surface area contributed by atoms with Crippen LogP contribution in [0.2, 0.25) is 0 Å². The Morgan fingerprint density at radius 3 is 1.82 bits per heavy atom. The number of aliphatic hydroxyl groups excluding tert-OH is 1. The van der Waals surface area contributed by atoms with Crippen molar-refractivity contribution in [3.05, 3.63) is 21.1 Å². The lowest BCUT2D eigenvalue weighted by Crippen LogP contribution is -2.16. The highest BCUT2D eigenvalue weighted by Crippen LogP contribution is 2.37. The molecule has 28 heavy (non-hydrogen) atoms. The third kappa shape index (κ3) is 5.15. The molecule has 0 fully saturated rings. The van der Waals surface area contributed by atoms with Crippen molar-refractivity contribution in [3.8, 4) is 10.0 Å². The number of thiazole rings is 2. The molecule has 0 aliphatic carbocycles. The van der Waals surface area contributed by atoms with E-state index in [9.17, 15) is 14.7 Å². The van der Waals surface area contributed by atoms with Crippen LogP contribution in [-0.2, 0) is 9.47 Å². The van der Waals surface area contributed by atoms with Crippen molar-refractivity contribution < 1.29 is 24.2 Å². The minimum Gasteiger partial charge on any atom is -0.458 e. The van der Waals surface area contributed by atoms with Gasteiger partial charge in [-0.15, -0.1) is 22.7 Å². The van der Waals surface area contributed by atoms with Crippen LogP contribution < -0.4 is 0 Å². The number of nitrogens with zero attached hydrogens (tertiary/aromatic N) is 2. The zero-order valence-corrected chi connectivity index (χ0v) is 18.7. The minimum atomic E-state index is -0.854. The summed E-state index contributed by atoms with van der Waals surface area (Å²) < 4.78 is 10.5. The molecule has 1 unspecified atom stereocenters. The summed E-state index contributed by atoms with van der Waals surface area (Å²) in [6, 6.07) is 0. The third-order valence-corrected chi connectivity index (χ3v) is 5.84. The number of aliphatic hydroxyl groups is 1. The van der Waals surface area contributed by atoms with Gasteiger partial charge in [0.15, 0.2) is 21.4 Å². The van der Waals surface area contributed by atoms with Crippen molar-refractivity contribution in [3.63, 3.8) is 0 Å². The number of carbonyl (C=O) groups is 2. The molecule has 0 aliphatic rings. The number of esters is 2. The van der Waals surface area contributed by atoms with Crippen LogP contribution in [0.5, 0.6) is 0 Å². The van der Waals surface area contributed by atoms with Gasteiger partial charge in [0.2, 0.25) is 0 Å². The van der Waals surface area contributed by atoms with E-state index < -0.39 is 18.0 Å². The van der Waals surface area contributed by atoms with Crippen LogP contribution in [0, 0.1) is 12.8 Å². The molecule has 0 aromatic carbocycles. The summed E-state index contributed by atoms with van der Waals surface area (Å²) in [5.41, 5.74) is 0.329. The number of rotatable bonds is 7. The highest BCUT2D eigenvalue weighted by molar-refractivity contribution is 7.21. The molecule has 0 amide bonds. The molecule has 0 spiro atoms. The van der Waals surface area contributed by atoms with Gasteiger partial charge in [-0.3, -0.25) is 0 Å². The number of aromatic nitrogens is 2. The molecule has 0 saturated carbocycles. The van der Waals surface area contributed by atoms with Gasteiger partial charge in [0, 0.05) is 4.88 Å². The number of carbonyl (C=O) groups excluding carboxylic acids is 2. The van der Waals surface area contributed by atoms with Crippen LogP contribution in [0.15, 0.2) is 0 Å². The lowest BCUT2D eigenvalue weighted by atomic mass is 10.1. The molecule has 0 aliphatic heterocycles. The molecule has 0 bridgehead atoms. The van der Waals surface area contributed by atoms with Crippen LogP contribution in [0.4, 0.5) is 0 Å². The zero-order chi connectivity index (χ0) is 21.2. The number of ether oxygens (including phenoxy) is 2. The Balaban J connectivity index is 2.46. The van der Waals surface area contributed by atoms with E-state index in [1.54, 1.807) is 34.6 Å². The molecular formula is C19H26N2O5S2. The van der Waals surface area contributed by atoms with Gasteiger partial charge in [0.25, 0.3) is 0 Å². The minimum absolute atomic E-state index is 0.0917. The Morgan fingerprint density at radius 1 is 0.857 bits per heavy atom. The molecular weight excluding hydrogens is 400 g/mol. The summed E-state index contributed by atoms with van der Waals surface area (Å²) in [5.74, 6) is -1.18. The molecule has 0 radical (unpaired) electrons. The van der Waals surface area contributed by atoms with Crippen molar-refractivity contribution in [1.82, 2.24) is 9.97 Å². The Hall–Kier alpha value is -1.84. The summed E-state index contributed by atoms with van der Waals surface area (Å²) in [6.07, 6.45) is -1.41. The quantitative estimate of drug-likeness (QED) is 0.655. The molecule has 1 atom stereocenters. The summed E-state index contributed by atoms with van der Waals surface area (Å²) in [7, 11) is 0. The molecule has 9 heteroatoms. The van der Waals surface area contributed by atoms with Crippen molar-refractivity contribution in [2.24, 2.45) is 5.92 Å². The van der Waals surface area contributed by atoms with Crippen molar-refractivity contribution in [1.29, 1.82) is 0 Å². The lowest BCUT2D eigenvalue weighted by molar-refractivity contribution is 0.0355. The van der Waals surface area contributed by atoms with E-state index in [4.69, 9.17) is 9.47 Å². The predicted octanol–water partition coefficient (Wildman–Crippen LogP) is 4.39. The Kier molecular flexibility index (Phi) is 7.30. The summed E-state index contributed by atoms with van der Waals surface area (Å²) >= 11 is 2.48. The maximum atomic E-state index is 12.5. The number of aryl methyl sites for hydroxylation is 1. The molecule has 154 valence electrons. The van der Waals surface area contributed by atoms with Gasteiger partial charge in [-0.05, 0) is 40.5 Å². The van der Waals surface area contributed by atoms with Crippen molar-refractivity contribution in [2.75, 3.05) is 0 Å². The van der Waals surface area contributed by atoms with E-state index in [1.165, 1.54) is 22.7 Å². The fraction of sp³-hybridized carbons (Fsp3) is 0.579. The van der Waals surface area contributed by atoms with Gasteiger partial charge in [-0.1, -0.05) is 13.8 Å². The Labute approximate surface area is 172 Å². The molecule has 0 saturated heterocycles. The summed E-state index contributed by atoms with van der Waals surface area (Å²) in [4.78, 5) is 34.6. The van der Waals surface area contributed by atoms with Crippen molar-refractivity contribution >= 4 is 34.6 Å². The van der Waals surface area contributed by atoms with Crippen LogP contribution in [0.25, 0.3) is 10.0 Å². The monoisotopic (exact) mass is 426 g/mol. The first-order valence-electron chi connectivity index (χ1n) is 9.09. The lowest BCUT2D eigenvalue weighted by Gasteiger charge is -2.14. The second-order valence-electron chi connectivity index (χ2n) is 7.25. The fourth-order valence-corrected chi connectivity index (χ4v) is 4.42. The van der Waals surface area contributed by atoms with Crippen LogP contribution in [-0.4, -0.2) is 39.2 Å². The maximum Gasteiger partial charge on any atom is 0.358 e. The SMILES string of the molecule is Cc1sc(-c2nc(C(=O)OC(C)C)c(C(O)C(C)C)s2)nc1C(=O)OC(C)C. The smallest absolute Gasteiger partial charge is 0.358 e.